The Morgan fingerprint density at radius 2 is 1.93 bits per heavy atom. The molecule has 0 bridgehead atoms. The average molecular weight is 397 g/mol. The number of rotatable bonds is 2. The Labute approximate surface area is 173 Å². The predicted molar refractivity (Wildman–Crippen MR) is 112 cm³/mol. The van der Waals surface area contributed by atoms with E-state index in [1.807, 2.05) is 35.0 Å². The van der Waals surface area contributed by atoms with E-state index in [-0.39, 0.29) is 23.5 Å². The molecule has 0 N–H and O–H groups in total. The molecule has 4 rings (SSSR count). The van der Waals surface area contributed by atoms with E-state index in [0.29, 0.717) is 13.1 Å². The monoisotopic (exact) mass is 396 g/mol. The number of amides is 2. The van der Waals surface area contributed by atoms with Crippen LogP contribution in [0.25, 0.3) is 0 Å². The first-order valence-electron chi connectivity index (χ1n) is 11.0. The minimum Gasteiger partial charge on any atom is -0.485 e. The van der Waals surface area contributed by atoms with Gasteiger partial charge in [0.05, 0.1) is 6.54 Å². The van der Waals surface area contributed by atoms with Gasteiger partial charge in [-0.25, -0.2) is 0 Å². The van der Waals surface area contributed by atoms with Gasteiger partial charge in [-0.05, 0) is 57.4 Å². The summed E-state index contributed by atoms with van der Waals surface area (Å²) >= 11 is 0. The van der Waals surface area contributed by atoms with Gasteiger partial charge in [-0.1, -0.05) is 24.3 Å². The van der Waals surface area contributed by atoms with Crippen molar-refractivity contribution >= 4 is 11.8 Å². The zero-order chi connectivity index (χ0) is 20.4. The van der Waals surface area contributed by atoms with E-state index in [1.54, 1.807) is 6.92 Å². The van der Waals surface area contributed by atoms with Crippen molar-refractivity contribution in [2.75, 3.05) is 13.6 Å². The Balaban J connectivity index is 1.58. The number of carbonyl (C=O) groups excluding carboxylic acids is 2. The Kier molecular flexibility index (Phi) is 5.66. The van der Waals surface area contributed by atoms with Crippen molar-refractivity contribution in [3.8, 4) is 5.75 Å². The van der Waals surface area contributed by atoms with Gasteiger partial charge in [-0.2, -0.15) is 0 Å². The topological polar surface area (TPSA) is 49.9 Å². The van der Waals surface area contributed by atoms with Crippen LogP contribution in [0.5, 0.6) is 5.75 Å². The van der Waals surface area contributed by atoms with Crippen LogP contribution in [0.3, 0.4) is 0 Å². The first kappa shape index (κ1) is 20.0. The summed E-state index contributed by atoms with van der Waals surface area (Å²) in [5.41, 5.74) is 1.68. The fraction of sp³-hybridized carbons (Fsp3) is 0.583. The van der Waals surface area contributed by atoms with Crippen molar-refractivity contribution in [1.29, 1.82) is 0 Å². The molecule has 1 saturated carbocycles. The number of fused-ring (bicyclic) bond motifs is 1. The number of carbonyl (C=O) groups is 2. The molecule has 5 nitrogen and oxygen atoms in total. The highest BCUT2D eigenvalue weighted by Crippen LogP contribution is 2.40. The summed E-state index contributed by atoms with van der Waals surface area (Å²) in [5.74, 6) is 1.19. The van der Waals surface area contributed by atoms with Crippen LogP contribution >= 0.6 is 0 Å². The molecule has 0 aromatic heterocycles. The molecule has 3 aliphatic rings. The zero-order valence-corrected chi connectivity index (χ0v) is 17.7. The molecule has 29 heavy (non-hydrogen) atoms. The highest BCUT2D eigenvalue weighted by Gasteiger charge is 2.43. The second kappa shape index (κ2) is 8.21. The lowest BCUT2D eigenvalue weighted by Crippen LogP contribution is -2.52. The van der Waals surface area contributed by atoms with E-state index in [1.165, 1.54) is 6.42 Å². The maximum Gasteiger partial charge on any atom is 0.249 e. The maximum absolute atomic E-state index is 13.4. The highest BCUT2D eigenvalue weighted by atomic mass is 16.5. The molecular formula is C24H32N2O3. The molecule has 1 heterocycles. The Morgan fingerprint density at radius 3 is 2.62 bits per heavy atom. The van der Waals surface area contributed by atoms with Gasteiger partial charge in [0.1, 0.15) is 11.4 Å². The van der Waals surface area contributed by atoms with Crippen molar-refractivity contribution in [1.82, 2.24) is 9.80 Å². The minimum atomic E-state index is -0.369. The smallest absolute Gasteiger partial charge is 0.249 e. The highest BCUT2D eigenvalue weighted by molar-refractivity contribution is 5.93. The lowest BCUT2D eigenvalue weighted by Gasteiger charge is -2.43. The van der Waals surface area contributed by atoms with Crippen LogP contribution in [0.1, 0.15) is 63.9 Å². The second-order valence-electron chi connectivity index (χ2n) is 8.89. The molecule has 0 radical (unpaired) electrons. The number of hydrogen-bond acceptors (Lipinski definition) is 3. The van der Waals surface area contributed by atoms with E-state index >= 15 is 0 Å². The summed E-state index contributed by atoms with van der Waals surface area (Å²) in [6.07, 6.45) is 9.82. The molecule has 156 valence electrons. The lowest BCUT2D eigenvalue weighted by atomic mass is 9.81. The van der Waals surface area contributed by atoms with E-state index in [0.717, 1.165) is 61.8 Å². The van der Waals surface area contributed by atoms with Crippen LogP contribution < -0.4 is 4.74 Å². The fourth-order valence-electron chi connectivity index (χ4n) is 5.02. The minimum absolute atomic E-state index is 0.110. The second-order valence-corrected chi connectivity index (χ2v) is 8.89. The number of benzene rings is 1. The van der Waals surface area contributed by atoms with Crippen LogP contribution in [0.15, 0.2) is 35.9 Å². The van der Waals surface area contributed by atoms with Crippen molar-refractivity contribution in [2.24, 2.45) is 0 Å². The molecule has 1 aliphatic heterocycles. The van der Waals surface area contributed by atoms with Gasteiger partial charge >= 0.3 is 0 Å². The first-order chi connectivity index (χ1) is 14.0. The number of allylic oxidation sites excluding steroid dienone is 1. The molecule has 1 aromatic carbocycles. The van der Waals surface area contributed by atoms with Crippen molar-refractivity contribution < 1.29 is 14.3 Å². The third-order valence-electron chi connectivity index (χ3n) is 6.90. The molecule has 2 amide bonds. The summed E-state index contributed by atoms with van der Waals surface area (Å²) in [4.78, 5) is 29.0. The van der Waals surface area contributed by atoms with Gasteiger partial charge in [-0.3, -0.25) is 9.59 Å². The summed E-state index contributed by atoms with van der Waals surface area (Å²) < 4.78 is 6.62. The van der Waals surface area contributed by atoms with E-state index in [2.05, 4.69) is 12.1 Å². The number of nitrogens with zero attached hydrogens (tertiary/aromatic N) is 2. The number of para-hydroxylation sites is 1. The van der Waals surface area contributed by atoms with Crippen LogP contribution in [0.4, 0.5) is 0 Å². The van der Waals surface area contributed by atoms with E-state index in [9.17, 15) is 9.59 Å². The molecule has 2 aliphatic carbocycles. The molecule has 0 unspecified atom stereocenters. The Morgan fingerprint density at radius 1 is 1.17 bits per heavy atom. The van der Waals surface area contributed by atoms with E-state index in [4.69, 9.17) is 4.74 Å². The first-order valence-corrected chi connectivity index (χ1v) is 11.0. The lowest BCUT2D eigenvalue weighted by molar-refractivity contribution is -0.133. The number of ether oxygens (including phenoxy) is 1. The molecule has 5 heteroatoms. The Hall–Kier alpha value is -2.30. The summed E-state index contributed by atoms with van der Waals surface area (Å²) in [7, 11) is 1.89. The van der Waals surface area contributed by atoms with Crippen LogP contribution in [-0.4, -0.2) is 46.8 Å². The largest absolute Gasteiger partial charge is 0.485 e. The summed E-state index contributed by atoms with van der Waals surface area (Å²) in [6, 6.07) is 8.37. The van der Waals surface area contributed by atoms with Crippen LogP contribution in [0.2, 0.25) is 0 Å². The van der Waals surface area contributed by atoms with Gasteiger partial charge < -0.3 is 14.5 Å². The van der Waals surface area contributed by atoms with Crippen molar-refractivity contribution in [3.05, 3.63) is 41.5 Å². The fourth-order valence-corrected chi connectivity index (χ4v) is 5.02. The molecule has 0 saturated heterocycles. The summed E-state index contributed by atoms with van der Waals surface area (Å²) in [5, 5.41) is 0. The zero-order valence-electron chi connectivity index (χ0n) is 17.7. The molecule has 1 aromatic rings. The normalized spacial score (nSPS) is 26.8. The summed E-state index contributed by atoms with van der Waals surface area (Å²) in [6.45, 7) is 2.85. The van der Waals surface area contributed by atoms with Crippen LogP contribution in [-0.2, 0) is 16.1 Å². The SMILES string of the molecule is CC(=O)N(C)C1CCC2(CC1)CN(C(=O)C1=CCCCC1)Cc1ccccc1O2. The average Bonchev–Trinajstić information content (AvgIpc) is 2.90. The third-order valence-corrected chi connectivity index (χ3v) is 6.90. The third kappa shape index (κ3) is 4.19. The van der Waals surface area contributed by atoms with Gasteiger partial charge in [0.15, 0.2) is 0 Å². The number of hydrogen-bond donors (Lipinski definition) is 0. The van der Waals surface area contributed by atoms with Gasteiger partial charge in [0.25, 0.3) is 0 Å². The maximum atomic E-state index is 13.4. The molecule has 0 atom stereocenters. The predicted octanol–water partition coefficient (Wildman–Crippen LogP) is 4.07. The molecule has 1 fully saturated rings. The van der Waals surface area contributed by atoms with Gasteiger partial charge in [0.2, 0.25) is 11.8 Å². The van der Waals surface area contributed by atoms with Gasteiger partial charge in [0, 0.05) is 37.7 Å². The quantitative estimate of drug-likeness (QED) is 0.757. The van der Waals surface area contributed by atoms with Crippen molar-refractivity contribution in [3.63, 3.8) is 0 Å². The van der Waals surface area contributed by atoms with Crippen molar-refractivity contribution in [2.45, 2.75) is 76.5 Å². The van der Waals surface area contributed by atoms with Crippen LogP contribution in [0, 0.1) is 0 Å². The molecular weight excluding hydrogens is 364 g/mol. The van der Waals surface area contributed by atoms with Gasteiger partial charge in [-0.15, -0.1) is 0 Å². The van der Waals surface area contributed by atoms with E-state index < -0.39 is 0 Å². The standard InChI is InChI=1S/C24H32N2O3/c1-18(27)25(2)21-12-14-24(15-13-21)17-26(23(28)19-8-4-3-5-9-19)16-20-10-6-7-11-22(20)29-24/h6-8,10-11,21H,3-5,9,12-17H2,1-2H3. The Bertz CT molecular complexity index is 808. The molecule has 1 spiro atoms.